The fourth-order valence-corrected chi connectivity index (χ4v) is 2.14. The van der Waals surface area contributed by atoms with Gasteiger partial charge in [0.1, 0.15) is 5.75 Å². The number of nitrogen functional groups attached to an aromatic ring is 1. The molecule has 4 heteroatoms. The van der Waals surface area contributed by atoms with Gasteiger partial charge in [-0.15, -0.1) is 0 Å². The van der Waals surface area contributed by atoms with E-state index in [-0.39, 0.29) is 0 Å². The molecule has 0 aromatic heterocycles. The summed E-state index contributed by atoms with van der Waals surface area (Å²) >= 11 is 12.0. The van der Waals surface area contributed by atoms with Crippen molar-refractivity contribution in [3.8, 4) is 16.9 Å². The third-order valence-corrected chi connectivity index (χ3v) is 3.02. The molecule has 0 aliphatic carbocycles. The highest BCUT2D eigenvalue weighted by Crippen LogP contribution is 2.33. The van der Waals surface area contributed by atoms with Gasteiger partial charge in [0, 0.05) is 15.6 Å². The summed E-state index contributed by atoms with van der Waals surface area (Å²) in [5.41, 5.74) is 8.26. The molecular weight excluding hydrogens is 257 g/mol. The molecule has 0 aliphatic heterocycles. The van der Waals surface area contributed by atoms with Crippen LogP contribution in [-0.4, -0.2) is 7.11 Å². The summed E-state index contributed by atoms with van der Waals surface area (Å²) in [7, 11) is 1.58. The Hall–Kier alpha value is -1.38. The van der Waals surface area contributed by atoms with Crippen LogP contribution >= 0.6 is 23.2 Å². The lowest BCUT2D eigenvalue weighted by molar-refractivity contribution is 0.417. The van der Waals surface area contributed by atoms with E-state index < -0.39 is 0 Å². The van der Waals surface area contributed by atoms with Crippen LogP contribution < -0.4 is 10.5 Å². The predicted octanol–water partition coefficient (Wildman–Crippen LogP) is 4.25. The van der Waals surface area contributed by atoms with Gasteiger partial charge in [0.05, 0.1) is 12.8 Å². The monoisotopic (exact) mass is 267 g/mol. The average Bonchev–Trinajstić information content (AvgIpc) is 2.29. The van der Waals surface area contributed by atoms with Gasteiger partial charge in [-0.1, -0.05) is 35.3 Å². The quantitative estimate of drug-likeness (QED) is 0.826. The second kappa shape index (κ2) is 4.86. The predicted molar refractivity (Wildman–Crippen MR) is 72.9 cm³/mol. The first kappa shape index (κ1) is 12.1. The first-order valence-corrected chi connectivity index (χ1v) is 5.76. The van der Waals surface area contributed by atoms with Crippen LogP contribution in [0.3, 0.4) is 0 Å². The number of halogens is 2. The van der Waals surface area contributed by atoms with Crippen molar-refractivity contribution in [2.24, 2.45) is 0 Å². The van der Waals surface area contributed by atoms with E-state index in [2.05, 4.69) is 0 Å². The van der Waals surface area contributed by atoms with E-state index in [4.69, 9.17) is 33.7 Å². The molecule has 0 fully saturated rings. The maximum absolute atomic E-state index is 6.13. The van der Waals surface area contributed by atoms with E-state index in [1.54, 1.807) is 19.2 Å². The Labute approximate surface area is 110 Å². The van der Waals surface area contributed by atoms with Crippen molar-refractivity contribution < 1.29 is 4.74 Å². The van der Waals surface area contributed by atoms with Gasteiger partial charge in [0.2, 0.25) is 0 Å². The van der Waals surface area contributed by atoms with E-state index in [0.717, 1.165) is 11.1 Å². The normalized spacial score (nSPS) is 10.3. The second-order valence-electron chi connectivity index (χ2n) is 3.58. The number of ether oxygens (including phenoxy) is 1. The lowest BCUT2D eigenvalue weighted by Gasteiger charge is -2.09. The van der Waals surface area contributed by atoms with Gasteiger partial charge in [-0.05, 0) is 29.8 Å². The van der Waals surface area contributed by atoms with Gasteiger partial charge in [-0.2, -0.15) is 0 Å². The lowest BCUT2D eigenvalue weighted by atomic mass is 10.0. The first-order chi connectivity index (χ1) is 8.11. The molecule has 2 nitrogen and oxygen atoms in total. The molecule has 2 rings (SSSR count). The van der Waals surface area contributed by atoms with Gasteiger partial charge in [-0.25, -0.2) is 0 Å². The number of hydrogen-bond donors (Lipinski definition) is 1. The van der Waals surface area contributed by atoms with Gasteiger partial charge in [-0.3, -0.25) is 0 Å². The van der Waals surface area contributed by atoms with Crippen molar-refractivity contribution in [3.05, 3.63) is 46.4 Å². The first-order valence-electron chi connectivity index (χ1n) is 5.01. The van der Waals surface area contributed by atoms with E-state index in [1.165, 1.54) is 0 Å². The molecule has 0 unspecified atom stereocenters. The minimum atomic E-state index is 0.580. The van der Waals surface area contributed by atoms with Crippen LogP contribution in [0.4, 0.5) is 5.69 Å². The molecule has 2 aromatic rings. The van der Waals surface area contributed by atoms with Crippen LogP contribution in [0.25, 0.3) is 11.1 Å². The van der Waals surface area contributed by atoms with Crippen molar-refractivity contribution in [3.63, 3.8) is 0 Å². The number of benzene rings is 2. The van der Waals surface area contributed by atoms with Gasteiger partial charge >= 0.3 is 0 Å². The Morgan fingerprint density at radius 3 is 2.41 bits per heavy atom. The van der Waals surface area contributed by atoms with E-state index in [1.807, 2.05) is 24.3 Å². The largest absolute Gasteiger partial charge is 0.495 e. The molecule has 0 atom stereocenters. The molecular formula is C13H11Cl2NO. The van der Waals surface area contributed by atoms with E-state index >= 15 is 0 Å². The molecule has 2 aromatic carbocycles. The third kappa shape index (κ3) is 2.48. The number of hydrogen-bond acceptors (Lipinski definition) is 2. The molecule has 0 aliphatic rings. The highest BCUT2D eigenvalue weighted by molar-refractivity contribution is 6.36. The summed E-state index contributed by atoms with van der Waals surface area (Å²) in [5, 5.41) is 1.21. The summed E-state index contributed by atoms with van der Waals surface area (Å²) in [6, 6.07) is 10.9. The zero-order chi connectivity index (χ0) is 12.4. The van der Waals surface area contributed by atoms with Crippen LogP contribution in [-0.2, 0) is 0 Å². The molecule has 0 radical (unpaired) electrons. The molecule has 0 saturated heterocycles. The number of anilines is 1. The van der Waals surface area contributed by atoms with Gasteiger partial charge in [0.25, 0.3) is 0 Å². The lowest BCUT2D eigenvalue weighted by Crippen LogP contribution is -1.92. The summed E-state index contributed by atoms with van der Waals surface area (Å²) < 4.78 is 5.11. The maximum atomic E-state index is 6.13. The maximum Gasteiger partial charge on any atom is 0.141 e. The zero-order valence-corrected chi connectivity index (χ0v) is 10.7. The van der Waals surface area contributed by atoms with Crippen LogP contribution in [0.5, 0.6) is 5.75 Å². The number of nitrogens with two attached hydrogens (primary N) is 1. The second-order valence-corrected chi connectivity index (χ2v) is 4.42. The summed E-state index contributed by atoms with van der Waals surface area (Å²) in [4.78, 5) is 0. The van der Waals surface area contributed by atoms with Crippen LogP contribution in [0.2, 0.25) is 10.0 Å². The molecule has 0 bridgehead atoms. The fraction of sp³-hybridized carbons (Fsp3) is 0.0769. The summed E-state index contributed by atoms with van der Waals surface area (Å²) in [5.74, 6) is 0.652. The van der Waals surface area contributed by atoms with Crippen molar-refractivity contribution >= 4 is 28.9 Å². The highest BCUT2D eigenvalue weighted by atomic mass is 35.5. The Kier molecular flexibility index (Phi) is 3.46. The van der Waals surface area contributed by atoms with Gasteiger partial charge < -0.3 is 10.5 Å². The van der Waals surface area contributed by atoms with Crippen LogP contribution in [0.1, 0.15) is 0 Å². The topological polar surface area (TPSA) is 35.2 Å². The Morgan fingerprint density at radius 2 is 1.82 bits per heavy atom. The van der Waals surface area contributed by atoms with Gasteiger partial charge in [0.15, 0.2) is 0 Å². The Bertz CT molecular complexity index is 555. The molecule has 0 heterocycles. The summed E-state index contributed by atoms with van der Waals surface area (Å²) in [6.45, 7) is 0. The molecule has 17 heavy (non-hydrogen) atoms. The minimum Gasteiger partial charge on any atom is -0.495 e. The fourth-order valence-electron chi connectivity index (χ4n) is 1.63. The molecule has 0 spiro atoms. The Morgan fingerprint density at radius 1 is 1.06 bits per heavy atom. The van der Waals surface area contributed by atoms with Crippen LogP contribution in [0, 0.1) is 0 Å². The van der Waals surface area contributed by atoms with Crippen molar-refractivity contribution in [2.45, 2.75) is 0 Å². The van der Waals surface area contributed by atoms with E-state index in [9.17, 15) is 0 Å². The standard InChI is InChI=1S/C13H11Cl2NO/c1-17-13-5-2-8(6-12(13)16)10-4-3-9(14)7-11(10)15/h2-7H,16H2,1H3. The smallest absolute Gasteiger partial charge is 0.141 e. The van der Waals surface area contributed by atoms with Crippen molar-refractivity contribution in [2.75, 3.05) is 12.8 Å². The average molecular weight is 268 g/mol. The van der Waals surface area contributed by atoms with Crippen LogP contribution in [0.15, 0.2) is 36.4 Å². The summed E-state index contributed by atoms with van der Waals surface area (Å²) in [6.07, 6.45) is 0. The Balaban J connectivity index is 2.50. The van der Waals surface area contributed by atoms with E-state index in [0.29, 0.717) is 21.5 Å². The minimum absolute atomic E-state index is 0.580. The SMILES string of the molecule is COc1ccc(-c2ccc(Cl)cc2Cl)cc1N. The van der Waals surface area contributed by atoms with Crippen molar-refractivity contribution in [1.82, 2.24) is 0 Å². The molecule has 0 saturated carbocycles. The zero-order valence-electron chi connectivity index (χ0n) is 9.21. The number of rotatable bonds is 2. The third-order valence-electron chi connectivity index (χ3n) is 2.47. The molecule has 2 N–H and O–H groups in total. The van der Waals surface area contributed by atoms with Crippen molar-refractivity contribution in [1.29, 1.82) is 0 Å². The molecule has 88 valence electrons. The number of methoxy groups -OCH3 is 1. The highest BCUT2D eigenvalue weighted by Gasteiger charge is 2.06. The molecule has 0 amide bonds.